The smallest absolute Gasteiger partial charge is 0.177 e. The van der Waals surface area contributed by atoms with Crippen molar-refractivity contribution >= 4 is 15.9 Å². The lowest BCUT2D eigenvalue weighted by Gasteiger charge is -2.15. The molecule has 0 saturated heterocycles. The van der Waals surface area contributed by atoms with Gasteiger partial charge in [0.15, 0.2) is 11.5 Å². The Morgan fingerprint density at radius 3 is 2.53 bits per heavy atom. The Balaban J connectivity index is 2.42. The summed E-state index contributed by atoms with van der Waals surface area (Å²) in [5.74, 6) is 0.565. The quantitative estimate of drug-likeness (QED) is 0.930. The Labute approximate surface area is 108 Å². The Hall–Kier alpha value is -0.810. The third kappa shape index (κ3) is 2.40. The summed E-state index contributed by atoms with van der Waals surface area (Å²) >= 11 is 3.19. The van der Waals surface area contributed by atoms with Crippen LogP contribution in [0.4, 0.5) is 4.39 Å². The van der Waals surface area contributed by atoms with Crippen LogP contribution in [-0.2, 0) is 6.42 Å². The first-order chi connectivity index (χ1) is 8.00. The topological polar surface area (TPSA) is 44.5 Å². The SMILES string of the molecule is COc1cc(CC2(N)CC2)c(F)c(Br)c1OC. The molecule has 0 atom stereocenters. The lowest BCUT2D eigenvalue weighted by molar-refractivity contribution is 0.348. The van der Waals surface area contributed by atoms with Crippen molar-refractivity contribution in [3.63, 3.8) is 0 Å². The van der Waals surface area contributed by atoms with Crippen molar-refractivity contribution in [3.05, 3.63) is 21.9 Å². The van der Waals surface area contributed by atoms with Gasteiger partial charge in [-0.1, -0.05) is 0 Å². The van der Waals surface area contributed by atoms with E-state index in [9.17, 15) is 4.39 Å². The van der Waals surface area contributed by atoms with Gasteiger partial charge >= 0.3 is 0 Å². The number of halogens is 2. The molecule has 17 heavy (non-hydrogen) atoms. The van der Waals surface area contributed by atoms with Gasteiger partial charge in [-0.2, -0.15) is 0 Å². The highest BCUT2D eigenvalue weighted by atomic mass is 79.9. The summed E-state index contributed by atoms with van der Waals surface area (Å²) in [6.07, 6.45) is 2.41. The maximum absolute atomic E-state index is 14.1. The van der Waals surface area contributed by atoms with Gasteiger partial charge in [-0.3, -0.25) is 0 Å². The number of hydrogen-bond donors (Lipinski definition) is 1. The second-order valence-corrected chi connectivity index (χ2v) is 5.23. The number of methoxy groups -OCH3 is 2. The van der Waals surface area contributed by atoms with Crippen molar-refractivity contribution < 1.29 is 13.9 Å². The zero-order valence-electron chi connectivity index (χ0n) is 9.85. The number of nitrogens with two attached hydrogens (primary N) is 1. The zero-order valence-corrected chi connectivity index (χ0v) is 11.4. The molecule has 2 rings (SSSR count). The highest BCUT2D eigenvalue weighted by molar-refractivity contribution is 9.10. The third-order valence-electron chi connectivity index (χ3n) is 3.06. The maximum Gasteiger partial charge on any atom is 0.177 e. The predicted molar refractivity (Wildman–Crippen MR) is 67.1 cm³/mol. The molecular formula is C12H15BrFNO2. The van der Waals surface area contributed by atoms with Gasteiger partial charge in [0.05, 0.1) is 18.7 Å². The van der Waals surface area contributed by atoms with Crippen molar-refractivity contribution in [1.82, 2.24) is 0 Å². The van der Waals surface area contributed by atoms with E-state index < -0.39 is 0 Å². The monoisotopic (exact) mass is 303 g/mol. The van der Waals surface area contributed by atoms with E-state index >= 15 is 0 Å². The van der Waals surface area contributed by atoms with Gasteiger partial charge in [0.1, 0.15) is 5.82 Å². The van der Waals surface area contributed by atoms with Gasteiger partial charge < -0.3 is 15.2 Å². The Morgan fingerprint density at radius 2 is 2.06 bits per heavy atom. The molecular weight excluding hydrogens is 289 g/mol. The standard InChI is InChI=1S/C12H15BrFNO2/c1-16-8-5-7(6-12(15)3-4-12)10(14)9(13)11(8)17-2/h5H,3-4,6,15H2,1-2H3. The molecule has 1 saturated carbocycles. The fourth-order valence-corrected chi connectivity index (χ4v) is 2.43. The first kappa shape index (κ1) is 12.6. The molecule has 0 spiro atoms. The van der Waals surface area contributed by atoms with Crippen LogP contribution >= 0.6 is 15.9 Å². The van der Waals surface area contributed by atoms with Gasteiger partial charge in [-0.05, 0) is 46.8 Å². The van der Waals surface area contributed by atoms with Crippen LogP contribution in [0.1, 0.15) is 18.4 Å². The largest absolute Gasteiger partial charge is 0.493 e. The summed E-state index contributed by atoms with van der Waals surface area (Å²) in [7, 11) is 3.01. The van der Waals surface area contributed by atoms with Crippen LogP contribution in [0.2, 0.25) is 0 Å². The van der Waals surface area contributed by atoms with Crippen LogP contribution in [-0.4, -0.2) is 19.8 Å². The van der Waals surface area contributed by atoms with Crippen LogP contribution in [0.15, 0.2) is 10.5 Å². The number of benzene rings is 1. The minimum atomic E-state index is -0.320. The molecule has 0 radical (unpaired) electrons. The lowest BCUT2D eigenvalue weighted by Crippen LogP contribution is -2.25. The molecule has 0 aromatic heterocycles. The van der Waals surface area contributed by atoms with E-state index in [0.717, 1.165) is 12.8 Å². The normalized spacial score (nSPS) is 16.8. The molecule has 2 N–H and O–H groups in total. The second-order valence-electron chi connectivity index (χ2n) is 4.44. The lowest BCUT2D eigenvalue weighted by atomic mass is 10.0. The van der Waals surface area contributed by atoms with Crippen molar-refractivity contribution in [2.75, 3.05) is 14.2 Å². The Bertz CT molecular complexity index is 447. The zero-order chi connectivity index (χ0) is 12.6. The molecule has 0 aliphatic heterocycles. The summed E-state index contributed by atoms with van der Waals surface area (Å²) in [6.45, 7) is 0. The van der Waals surface area contributed by atoms with E-state index in [1.54, 1.807) is 6.07 Å². The second kappa shape index (κ2) is 4.46. The van der Waals surface area contributed by atoms with E-state index in [1.807, 2.05) is 0 Å². The van der Waals surface area contributed by atoms with Crippen molar-refractivity contribution in [3.8, 4) is 11.5 Å². The van der Waals surface area contributed by atoms with E-state index in [4.69, 9.17) is 15.2 Å². The molecule has 0 bridgehead atoms. The van der Waals surface area contributed by atoms with Gasteiger partial charge in [-0.25, -0.2) is 4.39 Å². The summed E-state index contributed by atoms with van der Waals surface area (Å²) in [6, 6.07) is 1.66. The fourth-order valence-electron chi connectivity index (χ4n) is 1.82. The summed E-state index contributed by atoms with van der Waals surface area (Å²) < 4.78 is 24.7. The van der Waals surface area contributed by atoms with E-state index in [1.165, 1.54) is 14.2 Å². The molecule has 0 unspecified atom stereocenters. The molecule has 1 aliphatic carbocycles. The first-order valence-electron chi connectivity index (χ1n) is 5.38. The number of hydrogen-bond acceptors (Lipinski definition) is 3. The van der Waals surface area contributed by atoms with Crippen molar-refractivity contribution in [1.29, 1.82) is 0 Å². The molecule has 0 amide bonds. The Morgan fingerprint density at radius 1 is 1.41 bits per heavy atom. The van der Waals surface area contributed by atoms with Gasteiger partial charge in [0.25, 0.3) is 0 Å². The van der Waals surface area contributed by atoms with Crippen molar-refractivity contribution in [2.24, 2.45) is 5.73 Å². The summed E-state index contributed by atoms with van der Waals surface area (Å²) in [5.41, 5.74) is 6.33. The Kier molecular flexibility index (Phi) is 3.32. The average Bonchev–Trinajstić information content (AvgIpc) is 3.02. The summed E-state index contributed by atoms with van der Waals surface area (Å²) in [5, 5.41) is 0. The molecule has 1 aromatic carbocycles. The van der Waals surface area contributed by atoms with Gasteiger partial charge in [0.2, 0.25) is 0 Å². The average molecular weight is 304 g/mol. The molecule has 0 heterocycles. The summed E-state index contributed by atoms with van der Waals surface area (Å²) in [4.78, 5) is 0. The molecule has 1 aliphatic rings. The molecule has 1 fully saturated rings. The molecule has 1 aromatic rings. The predicted octanol–water partition coefficient (Wildman–Crippen LogP) is 2.64. The van der Waals surface area contributed by atoms with Crippen LogP contribution in [0.25, 0.3) is 0 Å². The maximum atomic E-state index is 14.1. The minimum absolute atomic E-state index is 0.236. The third-order valence-corrected chi connectivity index (χ3v) is 3.77. The van der Waals surface area contributed by atoms with Crippen LogP contribution in [0, 0.1) is 5.82 Å². The van der Waals surface area contributed by atoms with Gasteiger partial charge in [-0.15, -0.1) is 0 Å². The molecule has 5 heteroatoms. The van der Waals surface area contributed by atoms with E-state index in [0.29, 0.717) is 28.0 Å². The van der Waals surface area contributed by atoms with Gasteiger partial charge in [0, 0.05) is 5.54 Å². The highest BCUT2D eigenvalue weighted by Crippen LogP contribution is 2.42. The molecule has 94 valence electrons. The van der Waals surface area contributed by atoms with Crippen molar-refractivity contribution in [2.45, 2.75) is 24.8 Å². The van der Waals surface area contributed by atoms with Crippen LogP contribution in [0.3, 0.4) is 0 Å². The number of rotatable bonds is 4. The van der Waals surface area contributed by atoms with Crippen LogP contribution in [0.5, 0.6) is 11.5 Å². The fraction of sp³-hybridized carbons (Fsp3) is 0.500. The van der Waals surface area contributed by atoms with E-state index in [2.05, 4.69) is 15.9 Å². The molecule has 3 nitrogen and oxygen atoms in total. The van der Waals surface area contributed by atoms with Crippen LogP contribution < -0.4 is 15.2 Å². The first-order valence-corrected chi connectivity index (χ1v) is 6.18. The highest BCUT2D eigenvalue weighted by Gasteiger charge is 2.39. The number of ether oxygens (including phenoxy) is 2. The minimum Gasteiger partial charge on any atom is -0.493 e. The van der Waals surface area contributed by atoms with E-state index in [-0.39, 0.29) is 11.4 Å².